The molecule has 0 atom stereocenters. The first kappa shape index (κ1) is 25.9. The van der Waals surface area contributed by atoms with E-state index in [1.807, 2.05) is 18.2 Å². The third-order valence-corrected chi connectivity index (χ3v) is 6.49. The zero-order valence-electron chi connectivity index (χ0n) is 21.3. The Bertz CT molecular complexity index is 1230. The van der Waals surface area contributed by atoms with Gasteiger partial charge in [0.05, 0.1) is 29.6 Å². The van der Waals surface area contributed by atoms with Gasteiger partial charge in [0.2, 0.25) is 0 Å². The third kappa shape index (κ3) is 6.52. The number of piperidine rings is 1. The van der Waals surface area contributed by atoms with E-state index in [0.29, 0.717) is 23.8 Å². The van der Waals surface area contributed by atoms with E-state index in [2.05, 4.69) is 60.2 Å². The highest BCUT2D eigenvalue weighted by Crippen LogP contribution is 2.31. The SMILES string of the molecule is CN1CCC(Nc2cccc3c2cc(C#CCNc2ccc(C(C)(C)C)nc2)n3CC(F)(F)F)CC1. The van der Waals surface area contributed by atoms with E-state index in [4.69, 9.17) is 0 Å². The molecule has 0 radical (unpaired) electrons. The van der Waals surface area contributed by atoms with Gasteiger partial charge in [0, 0.05) is 28.2 Å². The maximum atomic E-state index is 13.5. The van der Waals surface area contributed by atoms with E-state index in [0.717, 1.165) is 48.4 Å². The van der Waals surface area contributed by atoms with Crippen molar-refractivity contribution in [1.29, 1.82) is 0 Å². The van der Waals surface area contributed by atoms with Crippen LogP contribution in [0.4, 0.5) is 24.5 Å². The predicted molar refractivity (Wildman–Crippen MR) is 140 cm³/mol. The van der Waals surface area contributed by atoms with Crippen molar-refractivity contribution in [3.63, 3.8) is 0 Å². The Morgan fingerprint density at radius 1 is 1.08 bits per heavy atom. The minimum Gasteiger partial charge on any atom is -0.382 e. The summed E-state index contributed by atoms with van der Waals surface area (Å²) >= 11 is 0. The Kier molecular flexibility index (Phi) is 7.51. The molecule has 0 spiro atoms. The smallest absolute Gasteiger partial charge is 0.382 e. The summed E-state index contributed by atoms with van der Waals surface area (Å²) in [5, 5.41) is 7.51. The van der Waals surface area contributed by atoms with Gasteiger partial charge in [-0.05, 0) is 69.2 Å². The fraction of sp³-hybridized carbons (Fsp3) is 0.464. The molecule has 0 unspecified atom stereocenters. The summed E-state index contributed by atoms with van der Waals surface area (Å²) in [6, 6.07) is 11.4. The predicted octanol–water partition coefficient (Wildman–Crippen LogP) is 5.87. The zero-order chi connectivity index (χ0) is 25.9. The van der Waals surface area contributed by atoms with E-state index < -0.39 is 12.7 Å². The largest absolute Gasteiger partial charge is 0.406 e. The highest BCUT2D eigenvalue weighted by molar-refractivity contribution is 5.94. The highest BCUT2D eigenvalue weighted by Gasteiger charge is 2.30. The summed E-state index contributed by atoms with van der Waals surface area (Å²) in [5.41, 5.74) is 3.51. The molecule has 5 nitrogen and oxygen atoms in total. The van der Waals surface area contributed by atoms with Gasteiger partial charge in [0.1, 0.15) is 6.54 Å². The summed E-state index contributed by atoms with van der Waals surface area (Å²) in [7, 11) is 2.10. The van der Waals surface area contributed by atoms with Crippen LogP contribution in [-0.4, -0.2) is 53.4 Å². The van der Waals surface area contributed by atoms with Crippen molar-refractivity contribution in [2.45, 2.75) is 57.8 Å². The number of hydrogen-bond acceptors (Lipinski definition) is 4. The zero-order valence-corrected chi connectivity index (χ0v) is 21.3. The van der Waals surface area contributed by atoms with Crippen LogP contribution in [0.15, 0.2) is 42.6 Å². The molecular formula is C28H34F3N5. The van der Waals surface area contributed by atoms with Crippen molar-refractivity contribution in [2.24, 2.45) is 0 Å². The van der Waals surface area contributed by atoms with E-state index >= 15 is 0 Å². The summed E-state index contributed by atoms with van der Waals surface area (Å²) in [4.78, 5) is 6.77. The molecule has 3 heterocycles. The maximum absolute atomic E-state index is 13.5. The molecule has 0 amide bonds. The molecule has 1 fully saturated rings. The summed E-state index contributed by atoms with van der Waals surface area (Å²) in [6.07, 6.45) is -0.595. The van der Waals surface area contributed by atoms with Crippen molar-refractivity contribution >= 4 is 22.3 Å². The summed E-state index contributed by atoms with van der Waals surface area (Å²) < 4.78 is 41.6. The molecule has 2 aromatic heterocycles. The fourth-order valence-corrected chi connectivity index (χ4v) is 4.46. The Morgan fingerprint density at radius 2 is 1.83 bits per heavy atom. The minimum atomic E-state index is -4.35. The number of aromatic nitrogens is 2. The van der Waals surface area contributed by atoms with Gasteiger partial charge >= 0.3 is 6.18 Å². The van der Waals surface area contributed by atoms with Crippen molar-refractivity contribution in [2.75, 3.05) is 37.3 Å². The molecule has 4 rings (SSSR count). The van der Waals surface area contributed by atoms with E-state index in [-0.39, 0.29) is 5.41 Å². The van der Waals surface area contributed by atoms with Crippen molar-refractivity contribution in [3.05, 3.63) is 54.0 Å². The van der Waals surface area contributed by atoms with Crippen LogP contribution >= 0.6 is 0 Å². The van der Waals surface area contributed by atoms with Crippen LogP contribution in [0.2, 0.25) is 0 Å². The third-order valence-electron chi connectivity index (χ3n) is 6.49. The number of likely N-dealkylation sites (tertiary alicyclic amines) is 1. The molecule has 0 aliphatic carbocycles. The van der Waals surface area contributed by atoms with Crippen molar-refractivity contribution < 1.29 is 13.2 Å². The van der Waals surface area contributed by atoms with Gasteiger partial charge in [-0.15, -0.1) is 0 Å². The maximum Gasteiger partial charge on any atom is 0.406 e. The molecule has 1 saturated heterocycles. The highest BCUT2D eigenvalue weighted by atomic mass is 19.4. The quantitative estimate of drug-likeness (QED) is 0.433. The molecule has 1 aliphatic heterocycles. The van der Waals surface area contributed by atoms with Crippen LogP contribution in [0.25, 0.3) is 10.9 Å². The van der Waals surface area contributed by atoms with Crippen LogP contribution in [0.1, 0.15) is 45.0 Å². The van der Waals surface area contributed by atoms with Crippen LogP contribution in [0, 0.1) is 11.8 Å². The lowest BCUT2D eigenvalue weighted by Crippen LogP contribution is -2.36. The lowest BCUT2D eigenvalue weighted by atomic mass is 9.92. The second-order valence-electron chi connectivity index (χ2n) is 10.5. The molecule has 3 aromatic rings. The van der Waals surface area contributed by atoms with E-state index in [1.54, 1.807) is 24.4 Å². The monoisotopic (exact) mass is 497 g/mol. The van der Waals surface area contributed by atoms with Crippen molar-refractivity contribution in [1.82, 2.24) is 14.5 Å². The number of rotatable bonds is 5. The number of alkyl halides is 3. The minimum absolute atomic E-state index is 0.0364. The molecule has 1 aromatic carbocycles. The second-order valence-corrected chi connectivity index (χ2v) is 10.5. The number of hydrogen-bond donors (Lipinski definition) is 2. The fourth-order valence-electron chi connectivity index (χ4n) is 4.46. The van der Waals surface area contributed by atoms with Gasteiger partial charge in [0.25, 0.3) is 0 Å². The van der Waals surface area contributed by atoms with Gasteiger partial charge in [-0.2, -0.15) is 13.2 Å². The topological polar surface area (TPSA) is 45.1 Å². The molecular weight excluding hydrogens is 463 g/mol. The van der Waals surface area contributed by atoms with Gasteiger partial charge < -0.3 is 20.1 Å². The van der Waals surface area contributed by atoms with Gasteiger partial charge in [-0.3, -0.25) is 4.98 Å². The Labute approximate surface area is 211 Å². The summed E-state index contributed by atoms with van der Waals surface area (Å²) in [5.74, 6) is 5.95. The molecule has 0 saturated carbocycles. The molecule has 36 heavy (non-hydrogen) atoms. The molecule has 1 aliphatic rings. The number of fused-ring (bicyclic) bond motifs is 1. The standard InChI is InChI=1S/C28H34F3N5/c1-27(2,3)26-11-10-21(18-33-26)32-14-6-7-22-17-23-24(34-20-12-15-35(4)16-13-20)8-5-9-25(23)36(22)19-28(29,30)31/h5,8-11,17-18,20,32,34H,12-16,19H2,1-4H3. The summed E-state index contributed by atoms with van der Waals surface area (Å²) in [6.45, 7) is 7.52. The number of pyridine rings is 1. The number of benzene rings is 1. The normalized spacial score (nSPS) is 15.5. The van der Waals surface area contributed by atoms with E-state index in [9.17, 15) is 13.2 Å². The molecule has 8 heteroatoms. The number of nitrogens with one attached hydrogen (secondary N) is 2. The number of halogens is 3. The van der Waals surface area contributed by atoms with Gasteiger partial charge in [-0.25, -0.2) is 0 Å². The first-order chi connectivity index (χ1) is 17.0. The second kappa shape index (κ2) is 10.4. The molecule has 192 valence electrons. The lowest BCUT2D eigenvalue weighted by Gasteiger charge is -2.30. The first-order valence-electron chi connectivity index (χ1n) is 12.3. The van der Waals surface area contributed by atoms with Gasteiger partial charge in [0.15, 0.2) is 0 Å². The van der Waals surface area contributed by atoms with Crippen LogP contribution in [0.5, 0.6) is 0 Å². The Hall–Kier alpha value is -3.18. The average Bonchev–Trinajstić information content (AvgIpc) is 3.15. The molecule has 2 N–H and O–H groups in total. The number of nitrogens with zero attached hydrogens (tertiary/aromatic N) is 3. The lowest BCUT2D eigenvalue weighted by molar-refractivity contribution is -0.140. The van der Waals surface area contributed by atoms with Crippen LogP contribution in [-0.2, 0) is 12.0 Å². The Morgan fingerprint density at radius 3 is 2.47 bits per heavy atom. The molecule has 0 bridgehead atoms. The average molecular weight is 498 g/mol. The Balaban J connectivity index is 1.55. The van der Waals surface area contributed by atoms with Crippen molar-refractivity contribution in [3.8, 4) is 11.8 Å². The van der Waals surface area contributed by atoms with Gasteiger partial charge in [-0.1, -0.05) is 32.8 Å². The van der Waals surface area contributed by atoms with E-state index in [1.165, 1.54) is 4.57 Å². The van der Waals surface area contributed by atoms with Crippen LogP contribution < -0.4 is 10.6 Å². The van der Waals surface area contributed by atoms with Crippen LogP contribution in [0.3, 0.4) is 0 Å². The first-order valence-corrected chi connectivity index (χ1v) is 12.3. The number of anilines is 2.